The van der Waals surface area contributed by atoms with Crippen molar-refractivity contribution in [1.29, 1.82) is 0 Å². The molecule has 1 aromatic carbocycles. The fraction of sp³-hybridized carbons (Fsp3) is 0.417. The minimum atomic E-state index is -4.33. The summed E-state index contributed by atoms with van der Waals surface area (Å²) in [6.07, 6.45) is 0.360. The molecule has 1 rings (SSSR count). The van der Waals surface area contributed by atoms with Crippen LogP contribution in [0.3, 0.4) is 0 Å². The highest BCUT2D eigenvalue weighted by Crippen LogP contribution is 2.22. The van der Waals surface area contributed by atoms with Crippen LogP contribution >= 0.6 is 11.6 Å². The smallest absolute Gasteiger partial charge is 0.321 e. The van der Waals surface area contributed by atoms with Crippen LogP contribution in [0, 0.1) is 5.82 Å². The van der Waals surface area contributed by atoms with Gasteiger partial charge in [-0.3, -0.25) is 4.79 Å². The number of aliphatic carboxylic acids is 1. The molecule has 9 heteroatoms. The molecular formula is C12H15ClFNO5S. The van der Waals surface area contributed by atoms with Crippen molar-refractivity contribution in [3.8, 4) is 0 Å². The molecule has 21 heavy (non-hydrogen) atoms. The third-order valence-electron chi connectivity index (χ3n) is 2.64. The van der Waals surface area contributed by atoms with Crippen molar-refractivity contribution in [3.63, 3.8) is 0 Å². The quantitative estimate of drug-likeness (QED) is 0.702. The molecule has 0 saturated carbocycles. The second-order valence-electron chi connectivity index (χ2n) is 4.20. The second-order valence-corrected chi connectivity index (χ2v) is 6.29. The van der Waals surface area contributed by atoms with Crippen LogP contribution in [-0.2, 0) is 19.6 Å². The highest BCUT2D eigenvalue weighted by Gasteiger charge is 2.27. The van der Waals surface area contributed by atoms with Crippen LogP contribution in [-0.4, -0.2) is 39.3 Å². The number of carbonyl (C=O) groups is 1. The summed E-state index contributed by atoms with van der Waals surface area (Å²) in [7, 11) is -2.88. The molecule has 0 aromatic heterocycles. The zero-order valence-electron chi connectivity index (χ0n) is 11.2. The predicted molar refractivity (Wildman–Crippen MR) is 74.3 cm³/mol. The predicted octanol–water partition coefficient (Wildman–Crippen LogP) is 1.64. The van der Waals surface area contributed by atoms with E-state index >= 15 is 0 Å². The summed E-state index contributed by atoms with van der Waals surface area (Å²) in [5, 5.41) is 8.66. The van der Waals surface area contributed by atoms with Crippen molar-refractivity contribution >= 4 is 27.6 Å². The lowest BCUT2D eigenvalue weighted by molar-refractivity contribution is -0.139. The zero-order chi connectivity index (χ0) is 16.0. The Kier molecular flexibility index (Phi) is 6.53. The van der Waals surface area contributed by atoms with Gasteiger partial charge in [-0.1, -0.05) is 17.7 Å². The summed E-state index contributed by atoms with van der Waals surface area (Å²) >= 11 is 5.52. The molecular weight excluding hydrogens is 325 g/mol. The Morgan fingerprint density at radius 3 is 2.76 bits per heavy atom. The molecule has 6 nitrogen and oxygen atoms in total. The van der Waals surface area contributed by atoms with Crippen molar-refractivity contribution in [3.05, 3.63) is 29.0 Å². The third kappa shape index (κ3) is 4.92. The Morgan fingerprint density at radius 2 is 2.19 bits per heavy atom. The molecule has 0 aliphatic carbocycles. The summed E-state index contributed by atoms with van der Waals surface area (Å²) in [6, 6.07) is 2.10. The average Bonchev–Trinajstić information content (AvgIpc) is 2.40. The molecule has 1 aromatic rings. The number of methoxy groups -OCH3 is 1. The average molecular weight is 340 g/mol. The maximum atomic E-state index is 13.7. The molecule has 1 atom stereocenters. The Morgan fingerprint density at radius 1 is 1.52 bits per heavy atom. The molecule has 0 bridgehead atoms. The first kappa shape index (κ1) is 17.8. The number of carboxylic acids is 1. The lowest BCUT2D eigenvalue weighted by atomic mass is 10.2. The highest BCUT2D eigenvalue weighted by atomic mass is 35.5. The van der Waals surface area contributed by atoms with Gasteiger partial charge >= 0.3 is 5.97 Å². The van der Waals surface area contributed by atoms with Gasteiger partial charge in [0.1, 0.15) is 10.9 Å². The molecule has 118 valence electrons. The second kappa shape index (κ2) is 7.69. The van der Waals surface area contributed by atoms with Gasteiger partial charge in [0.15, 0.2) is 5.82 Å². The van der Waals surface area contributed by atoms with Crippen LogP contribution in [0.4, 0.5) is 4.39 Å². The largest absolute Gasteiger partial charge is 0.480 e. The molecule has 0 aliphatic heterocycles. The van der Waals surface area contributed by atoms with E-state index < -0.39 is 32.7 Å². The number of hydrogen-bond acceptors (Lipinski definition) is 4. The maximum absolute atomic E-state index is 13.7. The van der Waals surface area contributed by atoms with Crippen LogP contribution in [0.5, 0.6) is 0 Å². The van der Waals surface area contributed by atoms with Gasteiger partial charge in [0, 0.05) is 13.7 Å². The van der Waals surface area contributed by atoms with Gasteiger partial charge in [-0.25, -0.2) is 12.8 Å². The van der Waals surface area contributed by atoms with Gasteiger partial charge < -0.3 is 9.84 Å². The highest BCUT2D eigenvalue weighted by molar-refractivity contribution is 7.89. The molecule has 0 aliphatic rings. The fourth-order valence-corrected chi connectivity index (χ4v) is 3.16. The van der Waals surface area contributed by atoms with Crippen molar-refractivity contribution in [2.75, 3.05) is 13.7 Å². The van der Waals surface area contributed by atoms with Crippen LogP contribution < -0.4 is 4.72 Å². The van der Waals surface area contributed by atoms with Crippen molar-refractivity contribution in [1.82, 2.24) is 4.72 Å². The number of ether oxygens (including phenoxy) is 1. The number of nitrogens with one attached hydrogen (secondary N) is 1. The third-order valence-corrected chi connectivity index (χ3v) is 4.42. The number of benzene rings is 1. The van der Waals surface area contributed by atoms with E-state index in [2.05, 4.69) is 0 Å². The van der Waals surface area contributed by atoms with Crippen molar-refractivity contribution < 1.29 is 27.4 Å². The van der Waals surface area contributed by atoms with Gasteiger partial charge in [0.25, 0.3) is 0 Å². The number of hydrogen-bond donors (Lipinski definition) is 2. The van der Waals surface area contributed by atoms with E-state index in [4.69, 9.17) is 21.4 Å². The summed E-state index contributed by atoms with van der Waals surface area (Å²) in [6.45, 7) is 0.289. The summed E-state index contributed by atoms with van der Waals surface area (Å²) in [5.74, 6) is -2.47. The fourth-order valence-electron chi connectivity index (χ4n) is 1.61. The normalized spacial score (nSPS) is 13.1. The summed E-state index contributed by atoms with van der Waals surface area (Å²) < 4.78 is 44.6. The Hall–Kier alpha value is -1.22. The van der Waals surface area contributed by atoms with E-state index in [1.807, 2.05) is 4.72 Å². The molecule has 0 saturated heterocycles. The van der Waals surface area contributed by atoms with E-state index in [1.54, 1.807) is 0 Å². The first-order chi connectivity index (χ1) is 9.79. The van der Waals surface area contributed by atoms with Crippen LogP contribution in [0.1, 0.15) is 12.8 Å². The number of carboxylic acid groups (broad SMARTS) is 1. The first-order valence-corrected chi connectivity index (χ1v) is 7.83. The number of sulfonamides is 1. The number of rotatable bonds is 8. The summed E-state index contributed by atoms with van der Waals surface area (Å²) in [5.41, 5.74) is 0. The summed E-state index contributed by atoms with van der Waals surface area (Å²) in [4.78, 5) is 10.4. The number of halogens is 2. The van der Waals surface area contributed by atoms with Gasteiger partial charge in [-0.05, 0) is 25.0 Å². The van der Waals surface area contributed by atoms with Gasteiger partial charge in [0.05, 0.1) is 5.02 Å². The lowest BCUT2D eigenvalue weighted by Crippen LogP contribution is -2.41. The van der Waals surface area contributed by atoms with E-state index in [0.717, 1.165) is 6.07 Å². The van der Waals surface area contributed by atoms with Crippen LogP contribution in [0.25, 0.3) is 0 Å². The minimum absolute atomic E-state index is 0.0184. The minimum Gasteiger partial charge on any atom is -0.480 e. The standard InChI is InChI=1S/C12H15ClFNO5S/c1-20-7-3-5-9(12(16)17)15-21(18,19)10-6-2-4-8(13)11(10)14/h2,4,6,9,15H,3,5,7H2,1H3,(H,16,17). The lowest BCUT2D eigenvalue weighted by Gasteiger charge is -2.15. The Balaban J connectivity index is 2.96. The molecule has 0 heterocycles. The molecule has 0 spiro atoms. The van der Waals surface area contributed by atoms with Crippen LogP contribution in [0.2, 0.25) is 5.02 Å². The molecule has 1 unspecified atom stereocenters. The van der Waals surface area contributed by atoms with E-state index in [1.165, 1.54) is 19.2 Å². The monoisotopic (exact) mass is 339 g/mol. The molecule has 2 N–H and O–H groups in total. The molecule has 0 radical (unpaired) electrons. The Bertz CT molecular complexity index is 608. The van der Waals surface area contributed by atoms with Gasteiger partial charge in [0.2, 0.25) is 10.0 Å². The van der Waals surface area contributed by atoms with Gasteiger partial charge in [-0.2, -0.15) is 4.72 Å². The molecule has 0 fully saturated rings. The van der Waals surface area contributed by atoms with E-state index in [0.29, 0.717) is 6.42 Å². The van der Waals surface area contributed by atoms with Crippen molar-refractivity contribution in [2.45, 2.75) is 23.8 Å². The Labute approximate surface area is 126 Å². The van der Waals surface area contributed by atoms with E-state index in [-0.39, 0.29) is 18.1 Å². The SMILES string of the molecule is COCCCC(NS(=O)(=O)c1cccc(Cl)c1F)C(=O)O. The molecule has 0 amide bonds. The topological polar surface area (TPSA) is 92.7 Å². The van der Waals surface area contributed by atoms with Crippen LogP contribution in [0.15, 0.2) is 23.1 Å². The first-order valence-electron chi connectivity index (χ1n) is 5.97. The zero-order valence-corrected chi connectivity index (χ0v) is 12.7. The maximum Gasteiger partial charge on any atom is 0.321 e. The van der Waals surface area contributed by atoms with E-state index in [9.17, 15) is 17.6 Å². The van der Waals surface area contributed by atoms with Crippen molar-refractivity contribution in [2.24, 2.45) is 0 Å². The van der Waals surface area contributed by atoms with Gasteiger partial charge in [-0.15, -0.1) is 0 Å².